The smallest absolute Gasteiger partial charge is 0.268 e. The van der Waals surface area contributed by atoms with E-state index >= 15 is 0 Å². The Labute approximate surface area is 183 Å². The second-order valence-electron chi connectivity index (χ2n) is 7.62. The number of nitrogens with zero attached hydrogens (tertiary/aromatic N) is 2. The van der Waals surface area contributed by atoms with Crippen molar-refractivity contribution in [1.82, 2.24) is 8.87 Å². The highest BCUT2D eigenvalue weighted by molar-refractivity contribution is 7.90. The number of ether oxygens (including phenoxy) is 1. The molecule has 0 spiro atoms. The van der Waals surface area contributed by atoms with Crippen molar-refractivity contribution >= 4 is 20.9 Å². The van der Waals surface area contributed by atoms with Crippen molar-refractivity contribution in [3.8, 4) is 5.75 Å². The van der Waals surface area contributed by atoms with Gasteiger partial charge < -0.3 is 9.64 Å². The van der Waals surface area contributed by atoms with Crippen molar-refractivity contribution in [2.24, 2.45) is 0 Å². The first-order valence-corrected chi connectivity index (χ1v) is 11.6. The molecule has 6 heteroatoms. The van der Waals surface area contributed by atoms with Gasteiger partial charge in [0.2, 0.25) is 0 Å². The van der Waals surface area contributed by atoms with Crippen molar-refractivity contribution in [3.63, 3.8) is 0 Å². The van der Waals surface area contributed by atoms with Crippen molar-refractivity contribution in [1.29, 1.82) is 0 Å². The Morgan fingerprint density at radius 1 is 0.935 bits per heavy atom. The lowest BCUT2D eigenvalue weighted by Crippen LogP contribution is -2.20. The van der Waals surface area contributed by atoms with Crippen LogP contribution in [0.25, 0.3) is 10.9 Å². The number of rotatable bonds is 8. The minimum atomic E-state index is -3.69. The second-order valence-corrected chi connectivity index (χ2v) is 9.44. The molecule has 1 aromatic heterocycles. The molecule has 0 bridgehead atoms. The van der Waals surface area contributed by atoms with Crippen molar-refractivity contribution in [2.45, 2.75) is 17.9 Å². The Morgan fingerprint density at radius 2 is 1.61 bits per heavy atom. The van der Waals surface area contributed by atoms with E-state index in [1.807, 2.05) is 36.4 Å². The van der Waals surface area contributed by atoms with Gasteiger partial charge >= 0.3 is 0 Å². The average Bonchev–Trinajstić information content (AvgIpc) is 3.17. The van der Waals surface area contributed by atoms with Gasteiger partial charge in [0.1, 0.15) is 5.75 Å². The molecule has 0 N–H and O–H groups in total. The molecule has 4 rings (SSSR count). The van der Waals surface area contributed by atoms with Crippen LogP contribution in [0.3, 0.4) is 0 Å². The molecule has 0 atom stereocenters. The maximum atomic E-state index is 13.3. The highest BCUT2D eigenvalue weighted by Gasteiger charge is 2.21. The fourth-order valence-electron chi connectivity index (χ4n) is 3.76. The molecule has 0 fully saturated rings. The van der Waals surface area contributed by atoms with Crippen LogP contribution in [-0.2, 0) is 23.0 Å². The van der Waals surface area contributed by atoms with Gasteiger partial charge in [-0.2, -0.15) is 0 Å². The summed E-state index contributed by atoms with van der Waals surface area (Å²) < 4.78 is 33.4. The van der Waals surface area contributed by atoms with Crippen LogP contribution < -0.4 is 4.74 Å². The largest absolute Gasteiger partial charge is 0.497 e. The number of fused-ring (bicyclic) bond motifs is 1. The number of hydrogen-bond acceptors (Lipinski definition) is 4. The Hall–Kier alpha value is -3.09. The topological polar surface area (TPSA) is 51.5 Å². The molecule has 31 heavy (non-hydrogen) atoms. The van der Waals surface area contributed by atoms with E-state index in [-0.39, 0.29) is 4.90 Å². The van der Waals surface area contributed by atoms with Crippen molar-refractivity contribution < 1.29 is 13.2 Å². The van der Waals surface area contributed by atoms with Gasteiger partial charge in [-0.25, -0.2) is 12.4 Å². The van der Waals surface area contributed by atoms with Crippen LogP contribution in [0.1, 0.15) is 11.1 Å². The quantitative estimate of drug-likeness (QED) is 0.408. The molecule has 0 amide bonds. The van der Waals surface area contributed by atoms with Crippen molar-refractivity contribution in [3.05, 3.63) is 96.2 Å². The normalized spacial score (nSPS) is 11.8. The first kappa shape index (κ1) is 21.2. The summed E-state index contributed by atoms with van der Waals surface area (Å²) in [5, 5.41) is 0.895. The van der Waals surface area contributed by atoms with E-state index in [9.17, 15) is 8.42 Å². The summed E-state index contributed by atoms with van der Waals surface area (Å²) in [6, 6.07) is 24.4. The number of aromatic nitrogens is 1. The molecule has 0 radical (unpaired) electrons. The summed E-state index contributed by atoms with van der Waals surface area (Å²) in [7, 11) is 0.00493. The number of likely N-dealkylation sites (N-methyl/N-ethyl adjacent to an activating group) is 1. The van der Waals surface area contributed by atoms with E-state index in [4.69, 9.17) is 4.74 Å². The maximum absolute atomic E-state index is 13.3. The van der Waals surface area contributed by atoms with Crippen LogP contribution in [0, 0.1) is 0 Å². The molecular formula is C25H26N2O3S. The number of methoxy groups -OCH3 is 1. The highest BCUT2D eigenvalue weighted by atomic mass is 32.2. The van der Waals surface area contributed by atoms with Gasteiger partial charge in [-0.05, 0) is 54.9 Å². The van der Waals surface area contributed by atoms with Crippen molar-refractivity contribution in [2.75, 3.05) is 20.7 Å². The molecule has 0 saturated heterocycles. The van der Waals surface area contributed by atoms with E-state index in [2.05, 4.69) is 24.1 Å². The van der Waals surface area contributed by atoms with E-state index < -0.39 is 10.0 Å². The predicted molar refractivity (Wildman–Crippen MR) is 124 cm³/mol. The molecule has 4 aromatic rings. The van der Waals surface area contributed by atoms with Crippen LogP contribution in [0.15, 0.2) is 90.0 Å². The standard InChI is InChI=1S/C25H26N2O3S/c1-26(18-20-9-5-3-6-10-20)16-15-21-19-27(25-14-13-22(30-2)17-24(21)25)31(28,29)23-11-7-4-8-12-23/h3-14,17,19H,15-16,18H2,1-2H3. The summed E-state index contributed by atoms with van der Waals surface area (Å²) >= 11 is 0. The molecule has 160 valence electrons. The molecule has 0 unspecified atom stereocenters. The van der Waals surface area contributed by atoms with E-state index in [1.165, 1.54) is 9.54 Å². The van der Waals surface area contributed by atoms with E-state index in [0.29, 0.717) is 11.3 Å². The Bertz CT molecular complexity index is 1270. The first-order chi connectivity index (χ1) is 15.0. The third kappa shape index (κ3) is 4.50. The highest BCUT2D eigenvalue weighted by Crippen LogP contribution is 2.29. The Kier molecular flexibility index (Phi) is 6.11. The summed E-state index contributed by atoms with van der Waals surface area (Å²) in [6.07, 6.45) is 2.48. The minimum absolute atomic E-state index is 0.274. The van der Waals surface area contributed by atoms with E-state index in [0.717, 1.165) is 30.5 Å². The molecular weight excluding hydrogens is 408 g/mol. The molecule has 0 aliphatic heterocycles. The van der Waals surface area contributed by atoms with Crippen LogP contribution in [0.2, 0.25) is 0 Å². The van der Waals surface area contributed by atoms with Gasteiger partial charge in [0.05, 0.1) is 17.5 Å². The van der Waals surface area contributed by atoms with Crippen LogP contribution in [0.5, 0.6) is 5.75 Å². The minimum Gasteiger partial charge on any atom is -0.497 e. The van der Waals surface area contributed by atoms with Gasteiger partial charge in [-0.1, -0.05) is 48.5 Å². The average molecular weight is 435 g/mol. The third-order valence-corrected chi connectivity index (χ3v) is 7.11. The zero-order valence-electron chi connectivity index (χ0n) is 17.7. The van der Waals surface area contributed by atoms with Gasteiger partial charge in [0, 0.05) is 24.7 Å². The third-order valence-electron chi connectivity index (χ3n) is 5.42. The Morgan fingerprint density at radius 3 is 2.29 bits per heavy atom. The fourth-order valence-corrected chi connectivity index (χ4v) is 5.17. The summed E-state index contributed by atoms with van der Waals surface area (Å²) in [6.45, 7) is 1.64. The van der Waals surface area contributed by atoms with Crippen LogP contribution >= 0.6 is 0 Å². The van der Waals surface area contributed by atoms with Gasteiger partial charge in [0.15, 0.2) is 0 Å². The lowest BCUT2D eigenvalue weighted by atomic mass is 10.1. The van der Waals surface area contributed by atoms with Gasteiger partial charge in [-0.3, -0.25) is 0 Å². The summed E-state index contributed by atoms with van der Waals surface area (Å²) in [5.41, 5.74) is 2.89. The number of hydrogen-bond donors (Lipinski definition) is 0. The lowest BCUT2D eigenvalue weighted by molar-refractivity contribution is 0.331. The molecule has 0 saturated carbocycles. The molecule has 3 aromatic carbocycles. The zero-order valence-corrected chi connectivity index (χ0v) is 18.5. The maximum Gasteiger partial charge on any atom is 0.268 e. The summed E-state index contributed by atoms with van der Waals surface area (Å²) in [4.78, 5) is 2.51. The van der Waals surface area contributed by atoms with E-state index in [1.54, 1.807) is 43.6 Å². The van der Waals surface area contributed by atoms with Crippen LogP contribution in [-0.4, -0.2) is 38.0 Å². The molecule has 1 heterocycles. The SMILES string of the molecule is COc1ccc2c(c1)c(CCN(C)Cc1ccccc1)cn2S(=O)(=O)c1ccccc1. The van der Waals surface area contributed by atoms with Gasteiger partial charge in [0.25, 0.3) is 10.0 Å². The second kappa shape index (κ2) is 8.96. The summed E-state index contributed by atoms with van der Waals surface area (Å²) in [5.74, 6) is 0.709. The molecule has 0 aliphatic rings. The molecule has 0 aliphatic carbocycles. The first-order valence-electron chi connectivity index (χ1n) is 10.2. The monoisotopic (exact) mass is 434 g/mol. The zero-order chi connectivity index (χ0) is 21.8. The van der Waals surface area contributed by atoms with Gasteiger partial charge in [-0.15, -0.1) is 0 Å². The molecule has 5 nitrogen and oxygen atoms in total. The fraction of sp³-hybridized carbons (Fsp3) is 0.200. The van der Waals surface area contributed by atoms with Crippen LogP contribution in [0.4, 0.5) is 0 Å². The lowest BCUT2D eigenvalue weighted by Gasteiger charge is -2.16. The predicted octanol–water partition coefficient (Wildman–Crippen LogP) is 4.56. The number of benzene rings is 3. The Balaban J connectivity index is 1.67.